The molecule has 0 aliphatic heterocycles. The van der Waals surface area contributed by atoms with Crippen molar-refractivity contribution in [2.45, 2.75) is 23.5 Å². The van der Waals surface area contributed by atoms with Crippen molar-refractivity contribution in [1.82, 2.24) is 5.32 Å². The Labute approximate surface area is 169 Å². The lowest BCUT2D eigenvalue weighted by molar-refractivity contribution is 0.0952. The van der Waals surface area contributed by atoms with E-state index < -0.39 is 10.0 Å². The van der Waals surface area contributed by atoms with Crippen molar-refractivity contribution >= 4 is 33.0 Å². The minimum atomic E-state index is -3.72. The molecule has 0 bridgehead atoms. The fourth-order valence-corrected chi connectivity index (χ4v) is 4.99. The van der Waals surface area contributed by atoms with E-state index in [0.29, 0.717) is 12.1 Å². The molecule has 2 aromatic carbocycles. The number of amides is 1. The Morgan fingerprint density at radius 2 is 1.71 bits per heavy atom. The topological polar surface area (TPSA) is 75.3 Å². The molecule has 5 nitrogen and oxygen atoms in total. The smallest absolute Gasteiger partial charge is 0.271 e. The summed E-state index contributed by atoms with van der Waals surface area (Å²) in [4.78, 5) is 12.7. The molecule has 0 radical (unpaired) electrons. The van der Waals surface area contributed by atoms with E-state index in [1.807, 2.05) is 30.3 Å². The van der Waals surface area contributed by atoms with Gasteiger partial charge in [-0.1, -0.05) is 55.5 Å². The molecule has 2 N–H and O–H groups in total. The van der Waals surface area contributed by atoms with Crippen molar-refractivity contribution in [3.8, 4) is 0 Å². The van der Waals surface area contributed by atoms with Gasteiger partial charge in [-0.25, -0.2) is 8.42 Å². The lowest BCUT2D eigenvalue weighted by Gasteiger charge is -2.17. The van der Waals surface area contributed by atoms with Gasteiger partial charge in [-0.05, 0) is 35.6 Å². The first-order valence-corrected chi connectivity index (χ1v) is 11.4. The maximum atomic E-state index is 12.7. The fourth-order valence-electron chi connectivity index (χ4n) is 2.92. The standard InChI is InChI=1S/C21H22N2O3S2/c1-2-16(17-9-4-3-5-10-17)15-22-21(24)18-11-6-7-12-19(18)23-28(25,26)20-13-8-14-27-20/h3-14,16,23H,2,15H2,1H3,(H,22,24)/t16-/m0/s1. The molecule has 7 heteroatoms. The van der Waals surface area contributed by atoms with Crippen LogP contribution in [0.1, 0.15) is 35.2 Å². The molecule has 3 rings (SSSR count). The number of thiophene rings is 1. The van der Waals surface area contributed by atoms with Crippen LogP contribution in [0.3, 0.4) is 0 Å². The van der Waals surface area contributed by atoms with Crippen LogP contribution in [0, 0.1) is 0 Å². The largest absolute Gasteiger partial charge is 0.351 e. The number of hydrogen-bond acceptors (Lipinski definition) is 4. The van der Waals surface area contributed by atoms with Crippen LogP contribution in [0.25, 0.3) is 0 Å². The first kappa shape index (κ1) is 20.1. The van der Waals surface area contributed by atoms with Gasteiger partial charge in [0.25, 0.3) is 15.9 Å². The number of anilines is 1. The number of carbonyl (C=O) groups is 1. The molecule has 0 fully saturated rings. The van der Waals surface area contributed by atoms with Gasteiger partial charge >= 0.3 is 0 Å². The maximum Gasteiger partial charge on any atom is 0.271 e. The summed E-state index contributed by atoms with van der Waals surface area (Å²) in [5, 5.41) is 4.63. The number of benzene rings is 2. The van der Waals surface area contributed by atoms with Crippen molar-refractivity contribution in [2.75, 3.05) is 11.3 Å². The van der Waals surface area contributed by atoms with Gasteiger partial charge in [-0.2, -0.15) is 0 Å². The molecule has 0 saturated heterocycles. The van der Waals surface area contributed by atoms with Crippen molar-refractivity contribution < 1.29 is 13.2 Å². The average molecular weight is 415 g/mol. The summed E-state index contributed by atoms with van der Waals surface area (Å²) in [5.41, 5.74) is 1.73. The van der Waals surface area contributed by atoms with Crippen molar-refractivity contribution in [1.29, 1.82) is 0 Å². The summed E-state index contributed by atoms with van der Waals surface area (Å²) in [6.07, 6.45) is 0.886. The molecule has 1 heterocycles. The van der Waals surface area contributed by atoms with Crippen LogP contribution in [-0.4, -0.2) is 20.9 Å². The predicted molar refractivity (Wildman–Crippen MR) is 113 cm³/mol. The van der Waals surface area contributed by atoms with Gasteiger partial charge in [0.15, 0.2) is 0 Å². The number of carbonyl (C=O) groups excluding carboxylic acids is 1. The molecule has 1 amide bonds. The highest BCUT2D eigenvalue weighted by atomic mass is 32.2. The molecule has 0 aliphatic carbocycles. The zero-order valence-corrected chi connectivity index (χ0v) is 17.1. The first-order valence-electron chi connectivity index (χ1n) is 8.99. The molecule has 0 unspecified atom stereocenters. The van der Waals surface area contributed by atoms with E-state index in [0.717, 1.165) is 23.3 Å². The third-order valence-electron chi connectivity index (χ3n) is 4.45. The Bertz CT molecular complexity index is 1020. The minimum absolute atomic E-state index is 0.195. The van der Waals surface area contributed by atoms with Crippen LogP contribution < -0.4 is 10.0 Å². The molecule has 1 aromatic heterocycles. The number of rotatable bonds is 8. The van der Waals surface area contributed by atoms with E-state index in [-0.39, 0.29) is 21.7 Å². The second-order valence-electron chi connectivity index (χ2n) is 6.31. The third kappa shape index (κ3) is 4.79. The lowest BCUT2D eigenvalue weighted by Crippen LogP contribution is -2.29. The van der Waals surface area contributed by atoms with Gasteiger partial charge < -0.3 is 5.32 Å². The minimum Gasteiger partial charge on any atom is -0.351 e. The van der Waals surface area contributed by atoms with Gasteiger partial charge in [0, 0.05) is 12.5 Å². The second kappa shape index (κ2) is 9.03. The Balaban J connectivity index is 1.74. The summed E-state index contributed by atoms with van der Waals surface area (Å²) >= 11 is 1.13. The maximum absolute atomic E-state index is 12.7. The molecule has 146 valence electrons. The van der Waals surface area contributed by atoms with Gasteiger partial charge in [-0.3, -0.25) is 9.52 Å². The van der Waals surface area contributed by atoms with E-state index in [4.69, 9.17) is 0 Å². The molecule has 0 spiro atoms. The molecule has 0 saturated carbocycles. The molecule has 0 aliphatic rings. The molecular formula is C21H22N2O3S2. The van der Waals surface area contributed by atoms with Gasteiger partial charge in [0.1, 0.15) is 4.21 Å². The van der Waals surface area contributed by atoms with Crippen molar-refractivity contribution in [3.05, 3.63) is 83.2 Å². The van der Waals surface area contributed by atoms with Crippen LogP contribution in [0.15, 0.2) is 76.3 Å². The molecular weight excluding hydrogens is 392 g/mol. The molecule has 1 atom stereocenters. The van der Waals surface area contributed by atoms with E-state index in [9.17, 15) is 13.2 Å². The summed E-state index contributed by atoms with van der Waals surface area (Å²) in [6, 6.07) is 19.8. The van der Waals surface area contributed by atoms with Crippen LogP contribution in [0.2, 0.25) is 0 Å². The molecule has 28 heavy (non-hydrogen) atoms. The van der Waals surface area contributed by atoms with E-state index in [2.05, 4.69) is 17.0 Å². The number of nitrogens with one attached hydrogen (secondary N) is 2. The van der Waals surface area contributed by atoms with Gasteiger partial charge in [0.05, 0.1) is 11.3 Å². The van der Waals surface area contributed by atoms with Crippen molar-refractivity contribution in [3.63, 3.8) is 0 Å². The highest BCUT2D eigenvalue weighted by Crippen LogP contribution is 2.23. The van der Waals surface area contributed by atoms with Crippen LogP contribution >= 0.6 is 11.3 Å². The zero-order chi connectivity index (χ0) is 20.0. The van der Waals surface area contributed by atoms with E-state index in [1.165, 1.54) is 6.07 Å². The highest BCUT2D eigenvalue weighted by molar-refractivity contribution is 7.94. The Morgan fingerprint density at radius 3 is 2.39 bits per heavy atom. The Kier molecular flexibility index (Phi) is 6.49. The van der Waals surface area contributed by atoms with E-state index >= 15 is 0 Å². The van der Waals surface area contributed by atoms with Crippen LogP contribution in [-0.2, 0) is 10.0 Å². The summed E-state index contributed by atoms with van der Waals surface area (Å²) in [7, 11) is -3.72. The third-order valence-corrected chi connectivity index (χ3v) is 7.21. The monoisotopic (exact) mass is 414 g/mol. The van der Waals surface area contributed by atoms with Crippen molar-refractivity contribution in [2.24, 2.45) is 0 Å². The number of sulfonamides is 1. The van der Waals surface area contributed by atoms with Crippen LogP contribution in [0.4, 0.5) is 5.69 Å². The first-order chi connectivity index (χ1) is 13.5. The fraction of sp³-hybridized carbons (Fsp3) is 0.190. The summed E-state index contributed by atoms with van der Waals surface area (Å²) in [5.74, 6) is -0.112. The Morgan fingerprint density at radius 1 is 1.00 bits per heavy atom. The van der Waals surface area contributed by atoms with Crippen LogP contribution in [0.5, 0.6) is 0 Å². The van der Waals surface area contributed by atoms with Gasteiger partial charge in [-0.15, -0.1) is 11.3 Å². The summed E-state index contributed by atoms with van der Waals surface area (Å²) in [6.45, 7) is 2.55. The van der Waals surface area contributed by atoms with Gasteiger partial charge in [0.2, 0.25) is 0 Å². The summed E-state index contributed by atoms with van der Waals surface area (Å²) < 4.78 is 27.7. The zero-order valence-electron chi connectivity index (χ0n) is 15.5. The highest BCUT2D eigenvalue weighted by Gasteiger charge is 2.20. The van der Waals surface area contributed by atoms with E-state index in [1.54, 1.807) is 35.7 Å². The molecule has 3 aromatic rings. The number of hydrogen-bond donors (Lipinski definition) is 2. The number of para-hydroxylation sites is 1. The Hall–Kier alpha value is -2.64. The second-order valence-corrected chi connectivity index (χ2v) is 9.17. The predicted octanol–water partition coefficient (Wildman–Crippen LogP) is 4.47. The lowest BCUT2D eigenvalue weighted by atomic mass is 9.96. The average Bonchev–Trinajstić information content (AvgIpc) is 3.25. The normalized spacial score (nSPS) is 12.3. The quantitative estimate of drug-likeness (QED) is 0.571. The SMILES string of the molecule is CC[C@@H](CNC(=O)c1ccccc1NS(=O)(=O)c1cccs1)c1ccccc1.